The van der Waals surface area contributed by atoms with Gasteiger partial charge < -0.3 is 15.4 Å². The summed E-state index contributed by atoms with van der Waals surface area (Å²) >= 11 is 3.37. The number of hydrogen-bond acceptors (Lipinski definition) is 4. The predicted molar refractivity (Wildman–Crippen MR) is 111 cm³/mol. The number of nitrogens with zero attached hydrogens (tertiary/aromatic N) is 1. The molecule has 1 unspecified atom stereocenters. The van der Waals surface area contributed by atoms with Gasteiger partial charge in [0, 0.05) is 10.2 Å². The van der Waals surface area contributed by atoms with Gasteiger partial charge in [-0.3, -0.25) is 14.5 Å². The second-order valence-corrected chi connectivity index (χ2v) is 6.90. The molecule has 2 N–H and O–H groups in total. The average Bonchev–Trinajstić information content (AvgIpc) is 2.67. The minimum Gasteiger partial charge on any atom is -0.495 e. The van der Waals surface area contributed by atoms with Crippen LogP contribution in [0.4, 0.5) is 11.4 Å². The van der Waals surface area contributed by atoms with Gasteiger partial charge in [0.2, 0.25) is 11.8 Å². The van der Waals surface area contributed by atoms with E-state index in [1.54, 1.807) is 31.1 Å². The molecule has 0 spiro atoms. The Morgan fingerprint density at radius 3 is 2.41 bits per heavy atom. The largest absolute Gasteiger partial charge is 0.495 e. The first-order valence-corrected chi connectivity index (χ1v) is 9.47. The van der Waals surface area contributed by atoms with Crippen LogP contribution in [0.1, 0.15) is 13.8 Å². The first-order valence-electron chi connectivity index (χ1n) is 8.68. The fraction of sp³-hybridized carbons (Fsp3) is 0.300. The lowest BCUT2D eigenvalue weighted by Gasteiger charge is -2.26. The molecule has 0 heterocycles. The standard InChI is InChI=1S/C20H24BrN3O3/c1-4-24(13-19(25)23-17-7-5-6-8-18(17)27-3)14(2)20(26)22-16-11-9-15(21)10-12-16/h5-12,14H,4,13H2,1-3H3,(H,22,26)(H,23,25). The Balaban J connectivity index is 1.97. The van der Waals surface area contributed by atoms with Crippen molar-refractivity contribution in [1.82, 2.24) is 4.90 Å². The van der Waals surface area contributed by atoms with Crippen LogP contribution in [0.15, 0.2) is 53.0 Å². The molecule has 144 valence electrons. The van der Waals surface area contributed by atoms with Crippen LogP contribution in [0.25, 0.3) is 0 Å². The van der Waals surface area contributed by atoms with E-state index in [1.165, 1.54) is 0 Å². The van der Waals surface area contributed by atoms with Gasteiger partial charge in [0.1, 0.15) is 5.75 Å². The molecule has 2 amide bonds. The molecule has 1 atom stereocenters. The first-order chi connectivity index (χ1) is 12.9. The highest BCUT2D eigenvalue weighted by atomic mass is 79.9. The van der Waals surface area contributed by atoms with Crippen molar-refractivity contribution in [2.45, 2.75) is 19.9 Å². The van der Waals surface area contributed by atoms with E-state index in [9.17, 15) is 9.59 Å². The van der Waals surface area contributed by atoms with Crippen molar-refractivity contribution in [3.8, 4) is 5.75 Å². The van der Waals surface area contributed by atoms with E-state index in [-0.39, 0.29) is 18.4 Å². The number of ether oxygens (including phenoxy) is 1. The highest BCUT2D eigenvalue weighted by molar-refractivity contribution is 9.10. The van der Waals surface area contributed by atoms with Crippen molar-refractivity contribution in [3.05, 3.63) is 53.0 Å². The van der Waals surface area contributed by atoms with Crippen molar-refractivity contribution in [3.63, 3.8) is 0 Å². The van der Waals surface area contributed by atoms with Gasteiger partial charge in [-0.15, -0.1) is 0 Å². The van der Waals surface area contributed by atoms with Crippen molar-refractivity contribution < 1.29 is 14.3 Å². The molecule has 0 aromatic heterocycles. The molecule has 0 aliphatic rings. The number of carbonyl (C=O) groups is 2. The topological polar surface area (TPSA) is 70.7 Å². The molecule has 7 heteroatoms. The zero-order chi connectivity index (χ0) is 19.8. The fourth-order valence-electron chi connectivity index (χ4n) is 2.59. The number of amides is 2. The van der Waals surface area contributed by atoms with Crippen LogP contribution in [0.3, 0.4) is 0 Å². The van der Waals surface area contributed by atoms with Crippen molar-refractivity contribution >= 4 is 39.1 Å². The molecule has 6 nitrogen and oxygen atoms in total. The van der Waals surface area contributed by atoms with E-state index in [4.69, 9.17) is 4.74 Å². The lowest BCUT2D eigenvalue weighted by molar-refractivity contribution is -0.123. The van der Waals surface area contributed by atoms with Crippen LogP contribution < -0.4 is 15.4 Å². The predicted octanol–water partition coefficient (Wildman–Crippen LogP) is 3.75. The molecule has 0 radical (unpaired) electrons. The highest BCUT2D eigenvalue weighted by Crippen LogP contribution is 2.23. The second-order valence-electron chi connectivity index (χ2n) is 5.98. The van der Waals surface area contributed by atoms with Gasteiger partial charge in [0.25, 0.3) is 0 Å². The summed E-state index contributed by atoms with van der Waals surface area (Å²) in [6, 6.07) is 14.1. The van der Waals surface area contributed by atoms with Crippen molar-refractivity contribution in [2.75, 3.05) is 30.8 Å². The van der Waals surface area contributed by atoms with E-state index in [0.29, 0.717) is 23.7 Å². The number of carbonyl (C=O) groups excluding carboxylic acids is 2. The van der Waals surface area contributed by atoms with Gasteiger partial charge in [-0.2, -0.15) is 0 Å². The second kappa shape index (κ2) is 10.1. The number of nitrogens with one attached hydrogen (secondary N) is 2. The number of anilines is 2. The minimum absolute atomic E-state index is 0.101. The quantitative estimate of drug-likeness (QED) is 0.664. The summed E-state index contributed by atoms with van der Waals surface area (Å²) in [5, 5.41) is 5.71. The van der Waals surface area contributed by atoms with Gasteiger partial charge >= 0.3 is 0 Å². The summed E-state index contributed by atoms with van der Waals surface area (Å²) in [6.07, 6.45) is 0. The highest BCUT2D eigenvalue weighted by Gasteiger charge is 2.22. The van der Waals surface area contributed by atoms with Gasteiger partial charge in [-0.25, -0.2) is 0 Å². The van der Waals surface area contributed by atoms with E-state index >= 15 is 0 Å². The van der Waals surface area contributed by atoms with Gasteiger partial charge in [-0.05, 0) is 49.9 Å². The minimum atomic E-state index is -0.456. The van der Waals surface area contributed by atoms with Crippen LogP contribution in [0.2, 0.25) is 0 Å². The molecule has 2 aromatic carbocycles. The van der Waals surface area contributed by atoms with Crippen LogP contribution in [-0.2, 0) is 9.59 Å². The van der Waals surface area contributed by atoms with Gasteiger partial charge in [-0.1, -0.05) is 35.0 Å². The number of methoxy groups -OCH3 is 1. The lowest BCUT2D eigenvalue weighted by Crippen LogP contribution is -2.45. The third-order valence-electron chi connectivity index (χ3n) is 4.17. The fourth-order valence-corrected chi connectivity index (χ4v) is 2.85. The molecule has 0 aliphatic carbocycles. The summed E-state index contributed by atoms with van der Waals surface area (Å²) in [6.45, 7) is 4.37. The number of halogens is 1. The molecule has 0 bridgehead atoms. The molecule has 0 saturated carbocycles. The van der Waals surface area contributed by atoms with Gasteiger partial charge in [0.15, 0.2) is 0 Å². The molecule has 0 fully saturated rings. The Morgan fingerprint density at radius 1 is 1.11 bits per heavy atom. The molecule has 2 rings (SSSR count). The Hall–Kier alpha value is -2.38. The summed E-state index contributed by atoms with van der Waals surface area (Å²) in [5.74, 6) is 0.226. The van der Waals surface area contributed by atoms with E-state index in [1.807, 2.05) is 43.3 Å². The smallest absolute Gasteiger partial charge is 0.241 e. The van der Waals surface area contributed by atoms with E-state index in [2.05, 4.69) is 26.6 Å². The maximum absolute atomic E-state index is 12.5. The van der Waals surface area contributed by atoms with E-state index in [0.717, 1.165) is 4.47 Å². The SMILES string of the molecule is CCN(CC(=O)Nc1ccccc1OC)C(C)C(=O)Nc1ccc(Br)cc1. The molecular weight excluding hydrogens is 410 g/mol. The lowest BCUT2D eigenvalue weighted by atomic mass is 10.2. The molecule has 0 saturated heterocycles. The Morgan fingerprint density at radius 2 is 1.78 bits per heavy atom. The Kier molecular flexibility index (Phi) is 7.82. The normalized spacial score (nSPS) is 11.7. The van der Waals surface area contributed by atoms with E-state index < -0.39 is 6.04 Å². The third kappa shape index (κ3) is 6.08. The van der Waals surface area contributed by atoms with Crippen LogP contribution in [0.5, 0.6) is 5.75 Å². The maximum atomic E-state index is 12.5. The zero-order valence-electron chi connectivity index (χ0n) is 15.7. The summed E-state index contributed by atoms with van der Waals surface area (Å²) in [5.41, 5.74) is 1.32. The summed E-state index contributed by atoms with van der Waals surface area (Å²) < 4.78 is 6.18. The summed E-state index contributed by atoms with van der Waals surface area (Å²) in [4.78, 5) is 26.8. The monoisotopic (exact) mass is 433 g/mol. The molecular formula is C20H24BrN3O3. The Bertz CT molecular complexity index is 780. The summed E-state index contributed by atoms with van der Waals surface area (Å²) in [7, 11) is 1.55. The van der Waals surface area contributed by atoms with Crippen LogP contribution in [-0.4, -0.2) is 43.0 Å². The van der Waals surface area contributed by atoms with Crippen LogP contribution in [0, 0.1) is 0 Å². The zero-order valence-corrected chi connectivity index (χ0v) is 17.2. The maximum Gasteiger partial charge on any atom is 0.241 e. The third-order valence-corrected chi connectivity index (χ3v) is 4.70. The first kappa shape index (κ1) is 20.9. The number of benzene rings is 2. The molecule has 27 heavy (non-hydrogen) atoms. The molecule has 2 aromatic rings. The number of rotatable bonds is 8. The Labute approximate surface area is 168 Å². The number of hydrogen-bond donors (Lipinski definition) is 2. The van der Waals surface area contributed by atoms with Crippen molar-refractivity contribution in [1.29, 1.82) is 0 Å². The number of para-hydroxylation sites is 2. The van der Waals surface area contributed by atoms with Crippen molar-refractivity contribution in [2.24, 2.45) is 0 Å². The molecule has 0 aliphatic heterocycles. The van der Waals surface area contributed by atoms with Gasteiger partial charge in [0.05, 0.1) is 25.4 Å². The number of likely N-dealkylation sites (N-methyl/N-ethyl adjacent to an activating group) is 1. The van der Waals surface area contributed by atoms with Crippen LogP contribution >= 0.6 is 15.9 Å². The average molecular weight is 434 g/mol.